The third-order valence-electron chi connectivity index (χ3n) is 4.55. The van der Waals surface area contributed by atoms with Crippen LogP contribution in [0.25, 0.3) is 0 Å². The molecular weight excluding hydrogens is 450 g/mol. The van der Waals surface area contributed by atoms with Crippen molar-refractivity contribution < 1.29 is 49.8 Å². The average Bonchev–Trinajstić information content (AvgIpc) is 2.60. The smallest absolute Gasteiger partial charge is 0.324 e. The zero-order chi connectivity index (χ0) is 25.2. The summed E-state index contributed by atoms with van der Waals surface area (Å²) in [5.74, 6) is 0. The van der Waals surface area contributed by atoms with E-state index in [1.807, 2.05) is 12.1 Å². The van der Waals surface area contributed by atoms with Gasteiger partial charge in [0.1, 0.15) is 0 Å². The van der Waals surface area contributed by atoms with Crippen LogP contribution in [0.2, 0.25) is 0 Å². The molecule has 0 aromatic heterocycles. The van der Waals surface area contributed by atoms with Crippen LogP contribution in [0, 0.1) is 5.41 Å². The maximum atomic E-state index is 10.8. The molecule has 1 aromatic carbocycles. The number of rotatable bonds is 5. The van der Waals surface area contributed by atoms with Crippen molar-refractivity contribution in [3.63, 3.8) is 0 Å². The van der Waals surface area contributed by atoms with Crippen LogP contribution < -0.4 is 0 Å². The van der Waals surface area contributed by atoms with E-state index in [1.54, 1.807) is 0 Å². The number of aliphatic hydroxyl groups excluding tert-OH is 4. The van der Waals surface area contributed by atoms with Crippen LogP contribution in [0.3, 0.4) is 0 Å². The van der Waals surface area contributed by atoms with Gasteiger partial charge in [-0.05, 0) is 27.5 Å². The molecule has 0 bridgehead atoms. The fourth-order valence-corrected chi connectivity index (χ4v) is 2.65. The second-order valence-corrected chi connectivity index (χ2v) is 10.2. The van der Waals surface area contributed by atoms with Gasteiger partial charge in [-0.25, -0.2) is 0 Å². The summed E-state index contributed by atoms with van der Waals surface area (Å²) < 4.78 is 0. The molecule has 0 saturated heterocycles. The van der Waals surface area contributed by atoms with Crippen molar-refractivity contribution in [3.8, 4) is 0 Å². The first-order chi connectivity index (χ1) is 13.9. The van der Waals surface area contributed by atoms with E-state index in [9.17, 15) is 20.4 Å². The molecular formula is C19H38O10P2. The second kappa shape index (κ2) is 14.1. The molecule has 0 aliphatic heterocycles. The molecule has 0 heterocycles. The molecule has 12 heteroatoms. The van der Waals surface area contributed by atoms with Gasteiger partial charge in [0.2, 0.25) is 0 Å². The van der Waals surface area contributed by atoms with Gasteiger partial charge in [-0.2, -0.15) is 0 Å². The van der Waals surface area contributed by atoms with Crippen LogP contribution in [0.1, 0.15) is 64.3 Å². The molecule has 0 radical (unpaired) electrons. The summed E-state index contributed by atoms with van der Waals surface area (Å²) >= 11 is 0. The van der Waals surface area contributed by atoms with E-state index in [1.165, 1.54) is 0 Å². The van der Waals surface area contributed by atoms with Crippen molar-refractivity contribution in [3.05, 3.63) is 34.9 Å². The minimum Gasteiger partial charge on any atom is -0.395 e. The van der Waals surface area contributed by atoms with Crippen LogP contribution in [0.15, 0.2) is 18.2 Å². The summed E-state index contributed by atoms with van der Waals surface area (Å²) in [4.78, 5) is 43.4. The Hall–Kier alpha value is -0.320. The molecule has 1 atom stereocenters. The lowest BCUT2D eigenvalue weighted by Gasteiger charge is -2.36. The van der Waals surface area contributed by atoms with E-state index in [0.29, 0.717) is 5.56 Å². The predicted octanol–water partition coefficient (Wildman–Crippen LogP) is 0.659. The molecule has 0 aliphatic carbocycles. The van der Waals surface area contributed by atoms with Gasteiger partial charge in [0.05, 0.1) is 31.3 Å². The Bertz CT molecular complexity index is 603. The Labute approximate surface area is 186 Å². The first kappa shape index (κ1) is 32.9. The summed E-state index contributed by atoms with van der Waals surface area (Å²) in [6.45, 7) is 11.1. The number of aliphatic hydroxyl groups is 4. The molecule has 10 N–H and O–H groups in total. The van der Waals surface area contributed by atoms with E-state index in [0.717, 1.165) is 11.1 Å². The zero-order valence-corrected chi connectivity index (χ0v) is 20.6. The minimum absolute atomic E-state index is 0.0223. The second-order valence-electron chi connectivity index (χ2n) is 9.08. The fourth-order valence-electron chi connectivity index (χ4n) is 2.65. The summed E-state index contributed by atoms with van der Waals surface area (Å²) in [5.41, 5.74) is 1.15. The number of hydrogen-bond donors (Lipinski definition) is 10. The van der Waals surface area contributed by atoms with E-state index in [-0.39, 0.29) is 10.8 Å². The SMILES string of the molecule is CC(C)(C)c1ccc(C(O)C(CO)(CO)CO)c(C(C)(C)C)c1.OP(O)O.OP(O)O. The first-order valence-corrected chi connectivity index (χ1v) is 11.7. The number of hydrogen-bond acceptors (Lipinski definition) is 10. The van der Waals surface area contributed by atoms with Gasteiger partial charge in [0, 0.05) is 0 Å². The van der Waals surface area contributed by atoms with Gasteiger partial charge in [0.15, 0.2) is 0 Å². The topological polar surface area (TPSA) is 202 Å². The van der Waals surface area contributed by atoms with E-state index < -0.39 is 48.5 Å². The zero-order valence-electron chi connectivity index (χ0n) is 18.8. The van der Waals surface area contributed by atoms with Gasteiger partial charge in [-0.15, -0.1) is 0 Å². The van der Waals surface area contributed by atoms with Gasteiger partial charge in [0.25, 0.3) is 0 Å². The van der Waals surface area contributed by atoms with Gasteiger partial charge in [-0.3, -0.25) is 0 Å². The molecule has 1 unspecified atom stereocenters. The van der Waals surface area contributed by atoms with Crippen LogP contribution >= 0.6 is 17.2 Å². The van der Waals surface area contributed by atoms with Crippen LogP contribution in [0.4, 0.5) is 0 Å². The predicted molar refractivity (Wildman–Crippen MR) is 120 cm³/mol. The highest BCUT2D eigenvalue weighted by Crippen LogP contribution is 2.40. The van der Waals surface area contributed by atoms with Gasteiger partial charge < -0.3 is 49.8 Å². The van der Waals surface area contributed by atoms with Crippen molar-refractivity contribution >= 4 is 17.2 Å². The number of benzene rings is 1. The summed E-state index contributed by atoms with van der Waals surface area (Å²) in [5, 5.41) is 39.6. The minimum atomic E-state index is -2.62. The highest BCUT2D eigenvalue weighted by Gasteiger charge is 2.40. The normalized spacial score (nSPS) is 13.4. The standard InChI is InChI=1S/C19H32O4.2H3O3P/c1-17(2,3)13-7-8-14(15(9-13)18(4,5)6)16(23)19(10-20,11-21)12-22;2*1-4(2)3/h7-9,16,20-23H,10-12H2,1-6H3;2*1-3H. The van der Waals surface area contributed by atoms with Crippen molar-refractivity contribution in [2.75, 3.05) is 19.8 Å². The first-order valence-electron chi connectivity index (χ1n) is 9.28. The molecule has 0 amide bonds. The molecule has 10 nitrogen and oxygen atoms in total. The lowest BCUT2D eigenvalue weighted by atomic mass is 9.73. The molecule has 1 aromatic rings. The molecule has 0 saturated carbocycles. The van der Waals surface area contributed by atoms with Gasteiger partial charge >= 0.3 is 17.2 Å². The van der Waals surface area contributed by atoms with E-state index in [4.69, 9.17) is 29.4 Å². The molecule has 31 heavy (non-hydrogen) atoms. The quantitative estimate of drug-likeness (QED) is 0.262. The molecule has 184 valence electrons. The largest absolute Gasteiger partial charge is 0.395 e. The molecule has 1 rings (SSSR count). The van der Waals surface area contributed by atoms with Crippen molar-refractivity contribution in [1.82, 2.24) is 0 Å². The highest BCUT2D eigenvalue weighted by atomic mass is 31.2. The molecule has 0 aliphatic rings. The summed E-state index contributed by atoms with van der Waals surface area (Å²) in [6, 6.07) is 5.89. The third kappa shape index (κ3) is 11.9. The molecule has 0 fully saturated rings. The fraction of sp³-hybridized carbons (Fsp3) is 0.684. The highest BCUT2D eigenvalue weighted by molar-refractivity contribution is 7.38. The Kier molecular flexibility index (Phi) is 14.9. The lowest BCUT2D eigenvalue weighted by molar-refractivity contribution is -0.0857. The van der Waals surface area contributed by atoms with Crippen LogP contribution in [0.5, 0.6) is 0 Å². The van der Waals surface area contributed by atoms with Crippen molar-refractivity contribution in [2.45, 2.75) is 58.5 Å². The summed E-state index contributed by atoms with van der Waals surface area (Å²) in [6.07, 6.45) is -1.15. The molecule has 0 spiro atoms. The maximum Gasteiger partial charge on any atom is 0.324 e. The van der Waals surface area contributed by atoms with Crippen molar-refractivity contribution in [2.24, 2.45) is 5.41 Å². The average molecular weight is 488 g/mol. The maximum absolute atomic E-state index is 10.8. The summed E-state index contributed by atoms with van der Waals surface area (Å²) in [7, 11) is -5.24. The Morgan fingerprint density at radius 3 is 1.32 bits per heavy atom. The monoisotopic (exact) mass is 488 g/mol. The van der Waals surface area contributed by atoms with E-state index in [2.05, 4.69) is 47.6 Å². The van der Waals surface area contributed by atoms with E-state index >= 15 is 0 Å². The Balaban J connectivity index is 0. The Morgan fingerprint density at radius 1 is 0.710 bits per heavy atom. The lowest BCUT2D eigenvalue weighted by Crippen LogP contribution is -2.41. The Morgan fingerprint density at radius 2 is 1.06 bits per heavy atom. The third-order valence-corrected chi connectivity index (χ3v) is 4.55. The van der Waals surface area contributed by atoms with Crippen LogP contribution in [-0.2, 0) is 10.8 Å². The van der Waals surface area contributed by atoms with Crippen LogP contribution in [-0.4, -0.2) is 69.6 Å². The van der Waals surface area contributed by atoms with Gasteiger partial charge in [-0.1, -0.05) is 59.7 Å². The van der Waals surface area contributed by atoms with Crippen molar-refractivity contribution in [1.29, 1.82) is 0 Å².